The molecule has 0 N–H and O–H groups in total. The zero-order chi connectivity index (χ0) is 7.56. The Labute approximate surface area is 61.1 Å². The van der Waals surface area contributed by atoms with E-state index in [0.29, 0.717) is 17.5 Å². The highest BCUT2D eigenvalue weighted by atomic mass is 32.2. The van der Waals surface area contributed by atoms with Gasteiger partial charge in [-0.25, -0.2) is 0 Å². The average Bonchev–Trinajstić information content (AvgIpc) is 2.13. The summed E-state index contributed by atoms with van der Waals surface area (Å²) in [6, 6.07) is 0. The molecular weight excluding hydrogens is 152 g/mol. The summed E-state index contributed by atoms with van der Waals surface area (Å²) in [5.74, 6) is 1.31. The summed E-state index contributed by atoms with van der Waals surface area (Å²) in [7, 11) is -0.899. The number of aryl methyl sites for hydroxylation is 1. The van der Waals surface area contributed by atoms with Gasteiger partial charge in [0.2, 0.25) is 11.8 Å². The van der Waals surface area contributed by atoms with E-state index in [-0.39, 0.29) is 0 Å². The first-order valence-corrected chi connectivity index (χ1v) is 4.50. The average molecular weight is 160 g/mol. The van der Waals surface area contributed by atoms with Crippen LogP contribution in [0.2, 0.25) is 0 Å². The lowest BCUT2D eigenvalue weighted by Crippen LogP contribution is -1.91. The number of aromatic nitrogens is 2. The fourth-order valence-electron chi connectivity index (χ4n) is 0.570. The third-order valence-corrected chi connectivity index (χ3v) is 1.55. The van der Waals surface area contributed by atoms with Gasteiger partial charge in [-0.05, 0) is 0 Å². The molecule has 0 radical (unpaired) electrons. The van der Waals surface area contributed by atoms with Gasteiger partial charge in [0, 0.05) is 24.0 Å². The summed E-state index contributed by atoms with van der Waals surface area (Å²) >= 11 is 0. The smallest absolute Gasteiger partial charge is 0.228 e. The van der Waals surface area contributed by atoms with Crippen molar-refractivity contribution in [3.8, 4) is 0 Å². The van der Waals surface area contributed by atoms with Crippen molar-refractivity contribution in [3.05, 3.63) is 11.8 Å². The Hall–Kier alpha value is -0.710. The minimum absolute atomic E-state index is 0.348. The second kappa shape index (κ2) is 2.92. The van der Waals surface area contributed by atoms with E-state index in [0.717, 1.165) is 0 Å². The monoisotopic (exact) mass is 160 g/mol. The van der Waals surface area contributed by atoms with Gasteiger partial charge in [0.15, 0.2) is 0 Å². The molecule has 1 aromatic heterocycles. The molecule has 56 valence electrons. The van der Waals surface area contributed by atoms with E-state index < -0.39 is 10.8 Å². The first-order chi connectivity index (χ1) is 4.68. The highest BCUT2D eigenvalue weighted by molar-refractivity contribution is 7.83. The predicted molar refractivity (Wildman–Crippen MR) is 36.8 cm³/mol. The van der Waals surface area contributed by atoms with Crippen LogP contribution in [0.5, 0.6) is 0 Å². The van der Waals surface area contributed by atoms with Crippen molar-refractivity contribution in [1.29, 1.82) is 0 Å². The molecule has 0 amide bonds. The number of nitrogens with zero attached hydrogens (tertiary/aromatic N) is 2. The topological polar surface area (TPSA) is 56.0 Å². The van der Waals surface area contributed by atoms with Gasteiger partial charge in [0.05, 0.1) is 0 Å². The van der Waals surface area contributed by atoms with Crippen LogP contribution in [0.4, 0.5) is 0 Å². The molecule has 0 bridgehead atoms. The summed E-state index contributed by atoms with van der Waals surface area (Å²) in [5.41, 5.74) is 0. The van der Waals surface area contributed by atoms with Crippen molar-refractivity contribution in [1.82, 2.24) is 10.2 Å². The fourth-order valence-corrected chi connectivity index (χ4v) is 1.03. The van der Waals surface area contributed by atoms with E-state index >= 15 is 0 Å². The van der Waals surface area contributed by atoms with Crippen molar-refractivity contribution in [3.63, 3.8) is 0 Å². The highest BCUT2D eigenvalue weighted by Crippen LogP contribution is 1.99. The number of hydrogen-bond donors (Lipinski definition) is 0. The van der Waals surface area contributed by atoms with E-state index in [4.69, 9.17) is 4.42 Å². The van der Waals surface area contributed by atoms with Gasteiger partial charge >= 0.3 is 0 Å². The number of hydrogen-bond acceptors (Lipinski definition) is 4. The van der Waals surface area contributed by atoms with Crippen molar-refractivity contribution in [2.45, 2.75) is 12.7 Å². The summed E-state index contributed by atoms with van der Waals surface area (Å²) in [4.78, 5) is 0. The van der Waals surface area contributed by atoms with E-state index in [1.54, 1.807) is 13.2 Å². The Balaban J connectivity index is 2.67. The van der Waals surface area contributed by atoms with Crippen molar-refractivity contribution < 1.29 is 8.63 Å². The summed E-state index contributed by atoms with van der Waals surface area (Å²) in [5, 5.41) is 7.26. The minimum atomic E-state index is -0.899. The molecule has 4 nitrogen and oxygen atoms in total. The van der Waals surface area contributed by atoms with Crippen molar-refractivity contribution >= 4 is 10.8 Å². The fraction of sp³-hybridized carbons (Fsp3) is 0.600. The molecule has 1 rings (SSSR count). The van der Waals surface area contributed by atoms with Gasteiger partial charge in [0.1, 0.15) is 5.75 Å². The van der Waals surface area contributed by atoms with Crippen LogP contribution in [0.15, 0.2) is 4.42 Å². The second-order valence-electron chi connectivity index (χ2n) is 1.93. The maximum atomic E-state index is 10.6. The molecule has 0 fully saturated rings. The molecule has 1 aromatic rings. The Morgan fingerprint density at radius 1 is 1.60 bits per heavy atom. The van der Waals surface area contributed by atoms with Gasteiger partial charge in [0.25, 0.3) is 0 Å². The normalized spacial score (nSPS) is 13.4. The molecule has 10 heavy (non-hydrogen) atoms. The Kier molecular flexibility index (Phi) is 2.16. The van der Waals surface area contributed by atoms with E-state index in [1.807, 2.05) is 0 Å². The zero-order valence-electron chi connectivity index (χ0n) is 5.83. The largest absolute Gasteiger partial charge is 0.425 e. The Bertz CT molecular complexity index is 246. The zero-order valence-corrected chi connectivity index (χ0v) is 6.64. The highest BCUT2D eigenvalue weighted by Gasteiger charge is 2.02. The molecule has 0 aliphatic rings. The molecule has 1 unspecified atom stereocenters. The van der Waals surface area contributed by atoms with Crippen LogP contribution in [0.1, 0.15) is 11.8 Å². The van der Waals surface area contributed by atoms with Gasteiger partial charge in [-0.3, -0.25) is 4.21 Å². The third-order valence-electron chi connectivity index (χ3n) is 0.895. The lowest BCUT2D eigenvalue weighted by Gasteiger charge is -1.85. The standard InChI is InChI=1S/C5H8N2O2S/c1-4-6-7-5(9-4)3-10(2)8/h3H2,1-2H3. The molecule has 0 aromatic carbocycles. The summed E-state index contributed by atoms with van der Waals surface area (Å²) in [6.45, 7) is 1.70. The minimum Gasteiger partial charge on any atom is -0.425 e. The van der Waals surface area contributed by atoms with E-state index in [9.17, 15) is 4.21 Å². The van der Waals surface area contributed by atoms with Gasteiger partial charge in [-0.15, -0.1) is 10.2 Å². The lowest BCUT2D eigenvalue weighted by atomic mass is 10.8. The predicted octanol–water partition coefficient (Wildman–Crippen LogP) is 0.257. The summed E-state index contributed by atoms with van der Waals surface area (Å²) in [6.07, 6.45) is 1.60. The molecule has 0 aliphatic carbocycles. The van der Waals surface area contributed by atoms with Crippen molar-refractivity contribution in [2.24, 2.45) is 0 Å². The van der Waals surface area contributed by atoms with Crippen LogP contribution in [0.25, 0.3) is 0 Å². The SMILES string of the molecule is Cc1nnc(CS(C)=O)o1. The van der Waals surface area contributed by atoms with Crippen LogP contribution in [0.3, 0.4) is 0 Å². The van der Waals surface area contributed by atoms with E-state index in [1.165, 1.54) is 0 Å². The molecule has 0 aliphatic heterocycles. The lowest BCUT2D eigenvalue weighted by molar-refractivity contribution is 0.484. The van der Waals surface area contributed by atoms with Gasteiger partial charge in [-0.2, -0.15) is 0 Å². The molecular formula is C5H8N2O2S. The second-order valence-corrected chi connectivity index (χ2v) is 3.37. The van der Waals surface area contributed by atoms with Crippen molar-refractivity contribution in [2.75, 3.05) is 6.26 Å². The van der Waals surface area contributed by atoms with Gasteiger partial charge < -0.3 is 4.42 Å². The van der Waals surface area contributed by atoms with Crippen LogP contribution in [-0.4, -0.2) is 20.7 Å². The van der Waals surface area contributed by atoms with Crippen LogP contribution < -0.4 is 0 Å². The summed E-state index contributed by atoms with van der Waals surface area (Å²) < 4.78 is 15.6. The molecule has 1 heterocycles. The molecule has 0 saturated heterocycles. The first-order valence-electron chi connectivity index (χ1n) is 2.77. The molecule has 0 spiro atoms. The quantitative estimate of drug-likeness (QED) is 0.622. The Morgan fingerprint density at radius 2 is 2.30 bits per heavy atom. The van der Waals surface area contributed by atoms with Crippen LogP contribution in [0, 0.1) is 6.92 Å². The molecule has 5 heteroatoms. The first kappa shape index (κ1) is 7.40. The molecule has 0 saturated carbocycles. The van der Waals surface area contributed by atoms with Crippen LogP contribution >= 0.6 is 0 Å². The van der Waals surface area contributed by atoms with E-state index in [2.05, 4.69) is 10.2 Å². The third kappa shape index (κ3) is 1.91. The number of rotatable bonds is 2. The van der Waals surface area contributed by atoms with Gasteiger partial charge in [-0.1, -0.05) is 0 Å². The molecule has 1 atom stereocenters. The van der Waals surface area contributed by atoms with Crippen LogP contribution in [-0.2, 0) is 16.6 Å². The maximum Gasteiger partial charge on any atom is 0.228 e. The maximum absolute atomic E-state index is 10.6. The Morgan fingerprint density at radius 3 is 2.70 bits per heavy atom.